The molecule has 0 aliphatic heterocycles. The maximum Gasteiger partial charge on any atom is 0.330 e. The minimum absolute atomic E-state index is 0.252. The molecule has 0 heterocycles. The SMILES string of the molecule is NCC1(C(=O)N[C@@H](C(=O)O)c2ccccc2)CCC1. The maximum absolute atomic E-state index is 12.2. The van der Waals surface area contributed by atoms with Crippen LogP contribution in [0.2, 0.25) is 0 Å². The first kappa shape index (κ1) is 13.5. The molecule has 1 aliphatic rings. The topological polar surface area (TPSA) is 92.4 Å². The van der Waals surface area contributed by atoms with E-state index in [1.165, 1.54) is 0 Å². The molecule has 4 N–H and O–H groups in total. The summed E-state index contributed by atoms with van der Waals surface area (Å²) < 4.78 is 0. The second-order valence-corrected chi connectivity index (χ2v) is 4.99. The molecule has 0 radical (unpaired) electrons. The summed E-state index contributed by atoms with van der Waals surface area (Å²) in [6, 6.07) is 7.66. The Hall–Kier alpha value is -1.88. The highest BCUT2D eigenvalue weighted by Gasteiger charge is 2.44. The number of carboxylic acids is 1. The molecule has 1 amide bonds. The van der Waals surface area contributed by atoms with Crippen molar-refractivity contribution in [3.05, 3.63) is 35.9 Å². The van der Waals surface area contributed by atoms with E-state index in [0.717, 1.165) is 19.3 Å². The van der Waals surface area contributed by atoms with Crippen LogP contribution in [0.25, 0.3) is 0 Å². The summed E-state index contributed by atoms with van der Waals surface area (Å²) >= 11 is 0. The van der Waals surface area contributed by atoms with Crippen molar-refractivity contribution in [2.75, 3.05) is 6.54 Å². The average Bonchev–Trinajstić information content (AvgIpc) is 2.36. The Morgan fingerprint density at radius 3 is 2.37 bits per heavy atom. The van der Waals surface area contributed by atoms with Crippen LogP contribution in [-0.4, -0.2) is 23.5 Å². The van der Waals surface area contributed by atoms with E-state index < -0.39 is 17.4 Å². The predicted molar refractivity (Wildman–Crippen MR) is 70.3 cm³/mol. The largest absolute Gasteiger partial charge is 0.479 e. The molecule has 1 fully saturated rings. The molecule has 0 spiro atoms. The van der Waals surface area contributed by atoms with E-state index in [1.54, 1.807) is 30.3 Å². The van der Waals surface area contributed by atoms with E-state index in [9.17, 15) is 14.7 Å². The van der Waals surface area contributed by atoms with Gasteiger partial charge < -0.3 is 16.2 Å². The van der Waals surface area contributed by atoms with E-state index in [-0.39, 0.29) is 12.5 Å². The van der Waals surface area contributed by atoms with Gasteiger partial charge in [-0.3, -0.25) is 4.79 Å². The smallest absolute Gasteiger partial charge is 0.330 e. The Labute approximate surface area is 111 Å². The third-order valence-electron chi connectivity index (χ3n) is 3.84. The summed E-state index contributed by atoms with van der Waals surface area (Å²) in [6.45, 7) is 0.264. The lowest BCUT2D eigenvalue weighted by molar-refractivity contribution is -0.145. The van der Waals surface area contributed by atoms with E-state index in [2.05, 4.69) is 5.32 Å². The second kappa shape index (κ2) is 5.40. The number of hydrogen-bond acceptors (Lipinski definition) is 3. The summed E-state index contributed by atoms with van der Waals surface area (Å²) in [5.74, 6) is -1.32. The molecule has 1 aliphatic carbocycles. The number of amides is 1. The van der Waals surface area contributed by atoms with Crippen molar-refractivity contribution in [2.45, 2.75) is 25.3 Å². The molecule has 1 saturated carbocycles. The Balaban J connectivity index is 2.14. The molecule has 0 bridgehead atoms. The Kier molecular flexibility index (Phi) is 3.85. The summed E-state index contributed by atoms with van der Waals surface area (Å²) in [4.78, 5) is 23.5. The fourth-order valence-electron chi connectivity index (χ4n) is 2.34. The number of benzene rings is 1. The van der Waals surface area contributed by atoms with Gasteiger partial charge in [-0.15, -0.1) is 0 Å². The minimum Gasteiger partial charge on any atom is -0.479 e. The monoisotopic (exact) mass is 262 g/mol. The summed E-state index contributed by atoms with van der Waals surface area (Å²) in [5.41, 5.74) is 5.65. The van der Waals surface area contributed by atoms with Gasteiger partial charge in [0.05, 0.1) is 5.41 Å². The van der Waals surface area contributed by atoms with Crippen LogP contribution in [0.4, 0.5) is 0 Å². The lowest BCUT2D eigenvalue weighted by atomic mass is 9.68. The Bertz CT molecular complexity index is 463. The van der Waals surface area contributed by atoms with Crippen molar-refractivity contribution in [1.29, 1.82) is 0 Å². The van der Waals surface area contributed by atoms with Crippen LogP contribution in [0.1, 0.15) is 30.9 Å². The van der Waals surface area contributed by atoms with Crippen LogP contribution in [0.3, 0.4) is 0 Å². The average molecular weight is 262 g/mol. The van der Waals surface area contributed by atoms with Crippen LogP contribution in [0.15, 0.2) is 30.3 Å². The van der Waals surface area contributed by atoms with Crippen LogP contribution in [0, 0.1) is 5.41 Å². The standard InChI is InChI=1S/C14H18N2O3/c15-9-14(7-4-8-14)13(19)16-11(12(17)18)10-5-2-1-3-6-10/h1-3,5-6,11H,4,7-9,15H2,(H,16,19)(H,17,18)/t11-/m1/s1. The Morgan fingerprint density at radius 2 is 1.95 bits per heavy atom. The number of carbonyl (C=O) groups is 2. The molecular formula is C14H18N2O3. The quantitative estimate of drug-likeness (QED) is 0.739. The molecule has 102 valence electrons. The fourth-order valence-corrected chi connectivity index (χ4v) is 2.34. The van der Waals surface area contributed by atoms with Crippen molar-refractivity contribution in [2.24, 2.45) is 11.1 Å². The summed E-state index contributed by atoms with van der Waals surface area (Å²) in [6.07, 6.45) is 2.43. The molecule has 2 rings (SSSR count). The van der Waals surface area contributed by atoms with Crippen molar-refractivity contribution in [1.82, 2.24) is 5.32 Å². The van der Waals surface area contributed by atoms with E-state index >= 15 is 0 Å². The van der Waals surface area contributed by atoms with Gasteiger partial charge in [-0.2, -0.15) is 0 Å². The van der Waals surface area contributed by atoms with Crippen molar-refractivity contribution < 1.29 is 14.7 Å². The van der Waals surface area contributed by atoms with Gasteiger partial charge in [-0.1, -0.05) is 36.8 Å². The number of carboxylic acid groups (broad SMARTS) is 1. The lowest BCUT2D eigenvalue weighted by Crippen LogP contribution is -2.52. The number of aliphatic carboxylic acids is 1. The number of nitrogens with two attached hydrogens (primary N) is 1. The first-order chi connectivity index (χ1) is 9.09. The molecule has 1 aromatic carbocycles. The van der Waals surface area contributed by atoms with Gasteiger partial charge in [0.15, 0.2) is 6.04 Å². The first-order valence-electron chi connectivity index (χ1n) is 6.38. The minimum atomic E-state index is -1.06. The molecule has 19 heavy (non-hydrogen) atoms. The van der Waals surface area contributed by atoms with Crippen LogP contribution in [0.5, 0.6) is 0 Å². The highest BCUT2D eigenvalue weighted by atomic mass is 16.4. The lowest BCUT2D eigenvalue weighted by Gasteiger charge is -2.39. The molecular weight excluding hydrogens is 244 g/mol. The van der Waals surface area contributed by atoms with Crippen molar-refractivity contribution in [3.63, 3.8) is 0 Å². The van der Waals surface area contributed by atoms with Gasteiger partial charge in [-0.05, 0) is 18.4 Å². The molecule has 1 atom stereocenters. The van der Waals surface area contributed by atoms with E-state index in [4.69, 9.17) is 5.73 Å². The highest BCUT2D eigenvalue weighted by Crippen LogP contribution is 2.40. The third kappa shape index (κ3) is 2.61. The van der Waals surface area contributed by atoms with Gasteiger partial charge in [0.2, 0.25) is 5.91 Å². The normalized spacial score (nSPS) is 18.2. The summed E-state index contributed by atoms with van der Waals surface area (Å²) in [7, 11) is 0. The highest BCUT2D eigenvalue weighted by molar-refractivity contribution is 5.88. The number of rotatable bonds is 5. The zero-order valence-electron chi connectivity index (χ0n) is 10.6. The molecule has 0 unspecified atom stereocenters. The zero-order chi connectivity index (χ0) is 13.9. The maximum atomic E-state index is 12.2. The van der Waals surface area contributed by atoms with Crippen LogP contribution >= 0.6 is 0 Å². The van der Waals surface area contributed by atoms with Gasteiger partial charge in [0.25, 0.3) is 0 Å². The molecule has 0 saturated heterocycles. The Morgan fingerprint density at radius 1 is 1.32 bits per heavy atom. The van der Waals surface area contributed by atoms with E-state index in [0.29, 0.717) is 5.56 Å². The van der Waals surface area contributed by atoms with E-state index in [1.807, 2.05) is 0 Å². The van der Waals surface area contributed by atoms with Crippen molar-refractivity contribution in [3.8, 4) is 0 Å². The number of nitrogens with one attached hydrogen (secondary N) is 1. The zero-order valence-corrected chi connectivity index (χ0v) is 10.6. The molecule has 0 aromatic heterocycles. The second-order valence-electron chi connectivity index (χ2n) is 4.99. The van der Waals surface area contributed by atoms with Gasteiger partial charge in [0, 0.05) is 6.54 Å². The molecule has 1 aromatic rings. The first-order valence-corrected chi connectivity index (χ1v) is 6.38. The molecule has 5 nitrogen and oxygen atoms in total. The van der Waals surface area contributed by atoms with Gasteiger partial charge >= 0.3 is 5.97 Å². The van der Waals surface area contributed by atoms with Gasteiger partial charge in [-0.25, -0.2) is 4.79 Å². The number of carbonyl (C=O) groups excluding carboxylic acids is 1. The third-order valence-corrected chi connectivity index (χ3v) is 3.84. The van der Waals surface area contributed by atoms with Crippen molar-refractivity contribution >= 4 is 11.9 Å². The summed E-state index contributed by atoms with van der Waals surface area (Å²) in [5, 5.41) is 11.9. The fraction of sp³-hybridized carbons (Fsp3) is 0.429. The van der Waals surface area contributed by atoms with Crippen LogP contribution in [-0.2, 0) is 9.59 Å². The number of hydrogen-bond donors (Lipinski definition) is 3. The predicted octanol–water partition coefficient (Wildman–Crippen LogP) is 1.06. The van der Waals surface area contributed by atoms with Crippen LogP contribution < -0.4 is 11.1 Å². The van der Waals surface area contributed by atoms with Gasteiger partial charge in [0.1, 0.15) is 0 Å². The molecule has 5 heteroatoms.